The number of pyridine rings is 1. The van der Waals surface area contributed by atoms with E-state index in [9.17, 15) is 0 Å². The number of fused-ring (bicyclic) bond motifs is 1. The van der Waals surface area contributed by atoms with E-state index in [-0.39, 0.29) is 0 Å². The lowest BCUT2D eigenvalue weighted by Gasteiger charge is -2.29. The smallest absolute Gasteiger partial charge is 0.152 e. The summed E-state index contributed by atoms with van der Waals surface area (Å²) in [7, 11) is 0. The Hall–Kier alpha value is -1.81. The normalized spacial score (nSPS) is 16.2. The summed E-state index contributed by atoms with van der Waals surface area (Å²) in [5.41, 5.74) is 9.14. The van der Waals surface area contributed by atoms with E-state index in [0.29, 0.717) is 0 Å². The Balaban J connectivity index is 2.14. The molecule has 94 valence electrons. The van der Waals surface area contributed by atoms with Gasteiger partial charge in [0, 0.05) is 18.5 Å². The minimum atomic E-state index is 0.743. The number of para-hydroxylation sites is 1. The van der Waals surface area contributed by atoms with Crippen molar-refractivity contribution in [2.45, 2.75) is 6.92 Å². The van der Waals surface area contributed by atoms with Crippen LogP contribution in [0.3, 0.4) is 0 Å². The minimum Gasteiger partial charge on any atom is -0.396 e. The molecule has 18 heavy (non-hydrogen) atoms. The zero-order valence-corrected chi connectivity index (χ0v) is 10.5. The van der Waals surface area contributed by atoms with Gasteiger partial charge in [0.25, 0.3) is 0 Å². The maximum atomic E-state index is 6.23. The number of aryl methyl sites for hydroxylation is 1. The van der Waals surface area contributed by atoms with Gasteiger partial charge >= 0.3 is 0 Å². The number of aromatic nitrogens is 1. The number of nitrogen functional groups attached to an aromatic ring is 1. The van der Waals surface area contributed by atoms with E-state index in [4.69, 9.17) is 15.5 Å². The fourth-order valence-electron chi connectivity index (χ4n) is 2.39. The first-order valence-corrected chi connectivity index (χ1v) is 6.25. The summed E-state index contributed by atoms with van der Waals surface area (Å²) in [4.78, 5) is 6.91. The van der Waals surface area contributed by atoms with Crippen molar-refractivity contribution < 1.29 is 4.74 Å². The first kappa shape index (κ1) is 11.3. The summed E-state index contributed by atoms with van der Waals surface area (Å²) in [5, 5.41) is 1.13. The van der Waals surface area contributed by atoms with E-state index in [0.717, 1.165) is 54.3 Å². The molecular formula is C14H17N3O. The molecule has 2 N–H and O–H groups in total. The molecule has 3 rings (SSSR count). The van der Waals surface area contributed by atoms with E-state index in [1.807, 2.05) is 18.2 Å². The molecule has 0 radical (unpaired) electrons. The molecule has 0 saturated carbocycles. The molecule has 2 aromatic rings. The van der Waals surface area contributed by atoms with Gasteiger partial charge in [-0.25, -0.2) is 4.98 Å². The summed E-state index contributed by atoms with van der Waals surface area (Å²) in [5.74, 6) is 0.898. The van der Waals surface area contributed by atoms with Crippen LogP contribution in [0.5, 0.6) is 0 Å². The monoisotopic (exact) mass is 243 g/mol. The average molecular weight is 243 g/mol. The summed E-state index contributed by atoms with van der Waals surface area (Å²) >= 11 is 0. The van der Waals surface area contributed by atoms with Crippen LogP contribution < -0.4 is 10.6 Å². The zero-order valence-electron chi connectivity index (χ0n) is 10.5. The Morgan fingerprint density at radius 2 is 1.94 bits per heavy atom. The van der Waals surface area contributed by atoms with E-state index >= 15 is 0 Å². The maximum absolute atomic E-state index is 6.23. The van der Waals surface area contributed by atoms with Gasteiger partial charge in [-0.3, -0.25) is 0 Å². The fourth-order valence-corrected chi connectivity index (χ4v) is 2.39. The number of nitrogens with zero attached hydrogens (tertiary/aromatic N) is 2. The van der Waals surface area contributed by atoms with Crippen LogP contribution in [0.2, 0.25) is 0 Å². The van der Waals surface area contributed by atoms with E-state index in [1.54, 1.807) is 0 Å². The number of benzene rings is 1. The summed E-state index contributed by atoms with van der Waals surface area (Å²) in [6.07, 6.45) is 0. The SMILES string of the molecule is Cc1c(N)c(N2CCOCC2)nc2ccccc12. The second kappa shape index (κ2) is 4.46. The number of anilines is 2. The summed E-state index contributed by atoms with van der Waals surface area (Å²) < 4.78 is 5.37. The predicted octanol–water partition coefficient (Wildman–Crippen LogP) is 1.96. The van der Waals surface area contributed by atoms with Crippen molar-refractivity contribution in [3.63, 3.8) is 0 Å². The van der Waals surface area contributed by atoms with Crippen LogP contribution >= 0.6 is 0 Å². The molecule has 0 bridgehead atoms. The summed E-state index contributed by atoms with van der Waals surface area (Å²) in [6, 6.07) is 8.13. The molecule has 0 amide bonds. The maximum Gasteiger partial charge on any atom is 0.152 e. The molecule has 4 heteroatoms. The van der Waals surface area contributed by atoms with Gasteiger partial charge < -0.3 is 15.4 Å². The molecule has 0 spiro atoms. The number of rotatable bonds is 1. The Bertz CT molecular complexity index is 577. The van der Waals surface area contributed by atoms with Crippen molar-refractivity contribution in [1.82, 2.24) is 4.98 Å². The van der Waals surface area contributed by atoms with Crippen LogP contribution in [0.1, 0.15) is 5.56 Å². The van der Waals surface area contributed by atoms with Gasteiger partial charge in [-0.1, -0.05) is 18.2 Å². The molecule has 4 nitrogen and oxygen atoms in total. The highest BCUT2D eigenvalue weighted by Crippen LogP contribution is 2.30. The molecule has 0 aliphatic carbocycles. The van der Waals surface area contributed by atoms with E-state index in [1.165, 1.54) is 0 Å². The van der Waals surface area contributed by atoms with Crippen LogP contribution in [0.25, 0.3) is 10.9 Å². The molecule has 0 unspecified atom stereocenters. The highest BCUT2D eigenvalue weighted by Gasteiger charge is 2.17. The lowest BCUT2D eigenvalue weighted by Crippen LogP contribution is -2.37. The van der Waals surface area contributed by atoms with Gasteiger partial charge in [-0.15, -0.1) is 0 Å². The van der Waals surface area contributed by atoms with Crippen LogP contribution in [0, 0.1) is 6.92 Å². The van der Waals surface area contributed by atoms with Gasteiger partial charge in [0.1, 0.15) is 0 Å². The molecule has 0 atom stereocenters. The quantitative estimate of drug-likeness (QED) is 0.832. The fraction of sp³-hybridized carbons (Fsp3) is 0.357. The van der Waals surface area contributed by atoms with Crippen molar-refractivity contribution in [2.75, 3.05) is 36.9 Å². The molecule has 1 saturated heterocycles. The van der Waals surface area contributed by atoms with Crippen LogP contribution in [-0.2, 0) is 4.74 Å². The Morgan fingerprint density at radius 1 is 1.22 bits per heavy atom. The third-order valence-electron chi connectivity index (χ3n) is 3.49. The molecule has 1 aromatic carbocycles. The molecule has 1 aliphatic heterocycles. The molecule has 1 aromatic heterocycles. The Labute approximate surface area is 106 Å². The standard InChI is InChI=1S/C14H17N3O/c1-10-11-4-2-3-5-12(11)16-14(13(10)15)17-6-8-18-9-7-17/h2-5H,6-9,15H2,1H3. The number of morpholine rings is 1. The van der Waals surface area contributed by atoms with Crippen molar-refractivity contribution in [1.29, 1.82) is 0 Å². The van der Waals surface area contributed by atoms with Gasteiger partial charge in [0.2, 0.25) is 0 Å². The van der Waals surface area contributed by atoms with Crippen molar-refractivity contribution in [2.24, 2.45) is 0 Å². The molecule has 1 aliphatic rings. The zero-order chi connectivity index (χ0) is 12.5. The third kappa shape index (κ3) is 1.78. The highest BCUT2D eigenvalue weighted by molar-refractivity contribution is 5.90. The van der Waals surface area contributed by atoms with Crippen LogP contribution in [0.4, 0.5) is 11.5 Å². The first-order valence-electron chi connectivity index (χ1n) is 6.25. The van der Waals surface area contributed by atoms with Gasteiger partial charge in [-0.05, 0) is 18.6 Å². The van der Waals surface area contributed by atoms with Crippen LogP contribution in [-0.4, -0.2) is 31.3 Å². The number of hydrogen-bond donors (Lipinski definition) is 1. The largest absolute Gasteiger partial charge is 0.396 e. The van der Waals surface area contributed by atoms with Gasteiger partial charge in [0.05, 0.1) is 24.4 Å². The highest BCUT2D eigenvalue weighted by atomic mass is 16.5. The summed E-state index contributed by atoms with van der Waals surface area (Å²) in [6.45, 7) is 5.26. The second-order valence-electron chi connectivity index (χ2n) is 4.59. The van der Waals surface area contributed by atoms with Crippen LogP contribution in [0.15, 0.2) is 24.3 Å². The van der Waals surface area contributed by atoms with Gasteiger partial charge in [-0.2, -0.15) is 0 Å². The molecule has 1 fully saturated rings. The molecular weight excluding hydrogens is 226 g/mol. The minimum absolute atomic E-state index is 0.743. The topological polar surface area (TPSA) is 51.4 Å². The Kier molecular flexibility index (Phi) is 2.80. The third-order valence-corrected chi connectivity index (χ3v) is 3.49. The number of ether oxygens (including phenoxy) is 1. The van der Waals surface area contributed by atoms with Crippen molar-refractivity contribution in [3.05, 3.63) is 29.8 Å². The second-order valence-corrected chi connectivity index (χ2v) is 4.59. The van der Waals surface area contributed by atoms with Crippen molar-refractivity contribution in [3.8, 4) is 0 Å². The Morgan fingerprint density at radius 3 is 2.72 bits per heavy atom. The number of hydrogen-bond acceptors (Lipinski definition) is 4. The van der Waals surface area contributed by atoms with Gasteiger partial charge in [0.15, 0.2) is 5.82 Å². The van der Waals surface area contributed by atoms with Crippen molar-refractivity contribution >= 4 is 22.4 Å². The van der Waals surface area contributed by atoms with E-state index in [2.05, 4.69) is 17.9 Å². The molecule has 2 heterocycles. The number of nitrogens with two attached hydrogens (primary N) is 1. The predicted molar refractivity (Wildman–Crippen MR) is 73.9 cm³/mol. The lowest BCUT2D eigenvalue weighted by atomic mass is 10.1. The van der Waals surface area contributed by atoms with E-state index < -0.39 is 0 Å². The first-order chi connectivity index (χ1) is 8.77. The average Bonchev–Trinajstić information content (AvgIpc) is 2.44. The lowest BCUT2D eigenvalue weighted by molar-refractivity contribution is 0.122.